The molecule has 0 saturated carbocycles. The molecule has 8 bridgehead atoms. The summed E-state index contributed by atoms with van der Waals surface area (Å²) < 4.78 is 0. The van der Waals surface area contributed by atoms with Crippen molar-refractivity contribution in [2.45, 2.75) is 0 Å². The Morgan fingerprint density at radius 3 is 1.39 bits per heavy atom. The Bertz CT molecular complexity index is 2690. The number of hydrogen-bond acceptors (Lipinski definition) is 6. The van der Waals surface area contributed by atoms with Gasteiger partial charge in [0.25, 0.3) is 0 Å². The minimum absolute atomic E-state index is 0. The zero-order valence-electron chi connectivity index (χ0n) is 23.5. The zero-order valence-corrected chi connectivity index (χ0v) is 30.5. The first-order chi connectivity index (χ1) is 23.0. The number of nitrogens with zero attached hydrogens (tertiary/aromatic N) is 8. The molecule has 0 aliphatic carbocycles. The summed E-state index contributed by atoms with van der Waals surface area (Å²) in [6, 6.07) is 13.1. The van der Waals surface area contributed by atoms with Crippen LogP contribution in [0.15, 0.2) is 48.5 Å². The molecule has 49 heavy (non-hydrogen) atoms. The molecule has 4 aromatic carbocycles. The first-order valence-electron chi connectivity index (χ1n) is 13.7. The monoisotopic (exact) mass is 847 g/mol. The smallest absolute Gasteiger partial charge is 0.523 e. The Morgan fingerprint density at radius 1 is 0.408 bits per heavy atom. The van der Waals surface area contributed by atoms with Gasteiger partial charge in [0.2, 0.25) is 0 Å². The van der Waals surface area contributed by atoms with Gasteiger partial charge in [0.15, 0.2) is 23.3 Å². The van der Waals surface area contributed by atoms with Gasteiger partial charge in [0.05, 0.1) is 15.1 Å². The fraction of sp³-hybridized carbons (Fsp3) is 0. The van der Waals surface area contributed by atoms with E-state index in [0.717, 1.165) is 0 Å². The van der Waals surface area contributed by atoms with Gasteiger partial charge in [0, 0.05) is 70.1 Å². The molecule has 0 saturated heterocycles. The molecule has 0 unspecified atom stereocenters. The predicted octanol–water partition coefficient (Wildman–Crippen LogP) is 11.3. The predicted molar refractivity (Wildman–Crippen MR) is 192 cm³/mol. The molecule has 9 rings (SSSR count). The van der Waals surface area contributed by atoms with Gasteiger partial charge in [-0.25, -0.2) is 24.9 Å². The van der Waals surface area contributed by atoms with Gasteiger partial charge in [-0.05, 0) is 59.3 Å². The first-order valence-corrected chi connectivity index (χ1v) is 16.7. The van der Waals surface area contributed by atoms with E-state index in [1.165, 1.54) is 0 Å². The minimum Gasteiger partial charge on any atom is -0.523 e. The van der Waals surface area contributed by atoms with E-state index < -0.39 is 0 Å². The molecule has 0 amide bonds. The molecule has 5 heterocycles. The van der Waals surface area contributed by atoms with Gasteiger partial charge in [-0.2, -0.15) is 0 Å². The van der Waals surface area contributed by atoms with Crippen LogP contribution in [-0.4, -0.2) is 29.9 Å². The molecule has 0 N–H and O–H groups in total. The van der Waals surface area contributed by atoms with E-state index in [4.69, 9.17) is 133 Å². The second-order valence-corrected chi connectivity index (χ2v) is 14.1. The van der Waals surface area contributed by atoms with Crippen LogP contribution >= 0.6 is 92.8 Å². The fourth-order valence-electron chi connectivity index (χ4n) is 5.84. The Labute approximate surface area is 326 Å². The van der Waals surface area contributed by atoms with Crippen LogP contribution in [0.2, 0.25) is 40.2 Å². The maximum absolute atomic E-state index is 6.75. The number of fused-ring (bicyclic) bond motifs is 20. The van der Waals surface area contributed by atoms with Crippen molar-refractivity contribution in [3.8, 4) is 68.3 Å². The minimum atomic E-state index is 0. The Balaban J connectivity index is 0.00000348. The summed E-state index contributed by atoms with van der Waals surface area (Å²) in [5, 5.41) is 3.68. The topological polar surface area (TPSA) is 106 Å². The second-order valence-electron chi connectivity index (χ2n) is 10.7. The first kappa shape index (κ1) is 33.2. The summed E-state index contributed by atoms with van der Waals surface area (Å²) in [4.78, 5) is 38.5. The van der Waals surface area contributed by atoms with Crippen molar-refractivity contribution in [2.24, 2.45) is 0 Å². The van der Waals surface area contributed by atoms with Crippen LogP contribution in [0.1, 0.15) is 0 Å². The van der Waals surface area contributed by atoms with Crippen molar-refractivity contribution in [2.75, 3.05) is 0 Å². The molecule has 3 aliphatic heterocycles. The van der Waals surface area contributed by atoms with Crippen LogP contribution in [0, 0.1) is 0 Å². The van der Waals surface area contributed by atoms with E-state index in [2.05, 4.69) is 0 Å². The maximum atomic E-state index is 6.75. The van der Waals surface area contributed by atoms with Gasteiger partial charge < -0.3 is 15.0 Å². The molecular weight excluding hydrogens is 844 g/mol. The molecule has 0 atom stereocenters. The van der Waals surface area contributed by atoms with Crippen LogP contribution in [0.4, 0.5) is 0 Å². The third-order valence-corrected chi connectivity index (χ3v) is 9.84. The van der Waals surface area contributed by atoms with E-state index >= 15 is 0 Å². The summed E-state index contributed by atoms with van der Waals surface area (Å²) in [7, 11) is 0. The van der Waals surface area contributed by atoms with E-state index in [1.807, 2.05) is 0 Å². The third-order valence-electron chi connectivity index (χ3n) is 7.77. The largest absolute Gasteiger partial charge is 2.00 e. The molecule has 17 heteroatoms. The van der Waals surface area contributed by atoms with Crippen LogP contribution in [0.25, 0.3) is 90.4 Å². The summed E-state index contributed by atoms with van der Waals surface area (Å²) in [5.41, 5.74) is 3.45. The average Bonchev–Trinajstić information content (AvgIpc) is 3.72. The maximum Gasteiger partial charge on any atom is 2.00 e. The third kappa shape index (κ3) is 5.35. The van der Waals surface area contributed by atoms with Gasteiger partial charge in [-0.3, -0.25) is 0 Å². The van der Waals surface area contributed by atoms with Gasteiger partial charge in [0.1, 0.15) is 0 Å². The summed E-state index contributed by atoms with van der Waals surface area (Å²) in [5.74, 6) is 1.33. The Hall–Kier alpha value is -2.92. The van der Waals surface area contributed by atoms with E-state index in [-0.39, 0.29) is 63.3 Å². The van der Waals surface area contributed by atoms with Gasteiger partial charge in [-0.15, -0.1) is 11.3 Å². The molecule has 1 radical (unpaired) electrons. The van der Waals surface area contributed by atoms with Crippen molar-refractivity contribution in [1.29, 1.82) is 0 Å². The molecule has 2 aromatic heterocycles. The fourth-order valence-corrected chi connectivity index (χ4v) is 8.15. The van der Waals surface area contributed by atoms with E-state index in [0.29, 0.717) is 84.3 Å². The van der Waals surface area contributed by atoms with Crippen LogP contribution in [-0.2, 0) is 17.1 Å². The van der Waals surface area contributed by atoms with Crippen molar-refractivity contribution in [3.05, 3.63) is 88.7 Å². The quantitative estimate of drug-likeness (QED) is 0.139. The van der Waals surface area contributed by atoms with Crippen molar-refractivity contribution in [1.82, 2.24) is 39.9 Å². The second kappa shape index (κ2) is 12.1. The van der Waals surface area contributed by atoms with Gasteiger partial charge >= 0.3 is 17.1 Å². The van der Waals surface area contributed by atoms with Crippen molar-refractivity contribution >= 4 is 115 Å². The van der Waals surface area contributed by atoms with Crippen LogP contribution in [0.5, 0.6) is 0 Å². The molecule has 243 valence electrons. The Kier molecular flexibility index (Phi) is 8.21. The summed E-state index contributed by atoms with van der Waals surface area (Å²) in [6.45, 7) is 0. The number of hydrogen-bond donors (Lipinski definition) is 0. The van der Waals surface area contributed by atoms with E-state index in [1.54, 1.807) is 48.5 Å². The molecule has 6 aromatic rings. The van der Waals surface area contributed by atoms with Gasteiger partial charge in [-0.1, -0.05) is 92.8 Å². The average molecular weight is 852 g/mol. The summed E-state index contributed by atoms with van der Waals surface area (Å²) in [6.07, 6.45) is 0. The standard InChI is InChI=1S/C32H8Cl8N8.Cu/c33-9-1-13-21(17(37)5-9)29-41-25(13)45-30-22-14(2-10(34)6-18(22)38)27(42-30)47-32-24-16(4-12(36)8-20(24)40)28(44-32)48-31-23-15(26(43-31)46-29)3-11(35)7-19(23)39;/h1-8H;/q-2;+2. The molecule has 3 aliphatic rings. The summed E-state index contributed by atoms with van der Waals surface area (Å²) >= 11 is 52.8. The SMILES string of the molecule is Clc1cc(Cl)c2c(c1)-c1nc-2nc2nc(nc3[n-]c([n-]c4nc(n1)-c1c(Cl)cc(Cl)cc1-4)c1c(Cl)cc(Cl)cc31)-c1c(Cl)cc(Cl)cc1-2.[Cu+2]. The zero-order chi connectivity index (χ0) is 33.2. The molecule has 8 nitrogen and oxygen atoms in total. The normalized spacial score (nSPS) is 11.9. The molecular formula is C32H8Cl8CuN8. The Morgan fingerprint density at radius 2 is 0.837 bits per heavy atom. The van der Waals surface area contributed by atoms with Crippen LogP contribution < -0.4 is 9.97 Å². The number of rotatable bonds is 0. The van der Waals surface area contributed by atoms with E-state index in [9.17, 15) is 0 Å². The van der Waals surface area contributed by atoms with Crippen molar-refractivity contribution in [3.63, 3.8) is 0 Å². The van der Waals surface area contributed by atoms with Crippen LogP contribution in [0.3, 0.4) is 0 Å². The number of aromatic nitrogens is 8. The molecule has 0 spiro atoms. The molecule has 0 fully saturated rings. The number of benzene rings is 4. The number of halogens is 8. The van der Waals surface area contributed by atoms with Crippen molar-refractivity contribution < 1.29 is 17.1 Å².